The zero-order chi connectivity index (χ0) is 13.5. The van der Waals surface area contributed by atoms with Gasteiger partial charge in [0.25, 0.3) is 0 Å². The number of thiophene rings is 1. The first-order valence-electron chi connectivity index (χ1n) is 6.41. The SMILES string of the molecule is CCCNC(COC)Cc1nc(-c2ccsc2)no1. The molecule has 0 radical (unpaired) electrons. The first-order valence-corrected chi connectivity index (χ1v) is 7.35. The molecular weight excluding hydrogens is 262 g/mol. The van der Waals surface area contributed by atoms with Crippen molar-refractivity contribution < 1.29 is 9.26 Å². The lowest BCUT2D eigenvalue weighted by atomic mass is 10.2. The third-order valence-corrected chi connectivity index (χ3v) is 3.40. The van der Waals surface area contributed by atoms with Gasteiger partial charge in [0.15, 0.2) is 0 Å². The second-order valence-corrected chi connectivity index (χ2v) is 5.11. The van der Waals surface area contributed by atoms with Gasteiger partial charge in [-0.3, -0.25) is 0 Å². The number of rotatable bonds is 8. The molecule has 0 saturated heterocycles. The molecule has 1 N–H and O–H groups in total. The van der Waals surface area contributed by atoms with E-state index in [0.717, 1.165) is 18.5 Å². The fourth-order valence-electron chi connectivity index (χ4n) is 1.80. The maximum Gasteiger partial charge on any atom is 0.228 e. The number of hydrogen-bond donors (Lipinski definition) is 1. The third kappa shape index (κ3) is 4.12. The molecule has 2 rings (SSSR count). The monoisotopic (exact) mass is 281 g/mol. The largest absolute Gasteiger partial charge is 0.383 e. The fraction of sp³-hybridized carbons (Fsp3) is 0.538. The molecule has 2 aromatic rings. The van der Waals surface area contributed by atoms with Crippen LogP contribution in [0.1, 0.15) is 19.2 Å². The van der Waals surface area contributed by atoms with Crippen molar-refractivity contribution in [2.75, 3.05) is 20.3 Å². The van der Waals surface area contributed by atoms with Gasteiger partial charge >= 0.3 is 0 Å². The summed E-state index contributed by atoms with van der Waals surface area (Å²) in [6, 6.07) is 2.20. The van der Waals surface area contributed by atoms with Gasteiger partial charge in [0.1, 0.15) is 0 Å². The van der Waals surface area contributed by atoms with Crippen molar-refractivity contribution in [3.05, 3.63) is 22.7 Å². The maximum absolute atomic E-state index is 5.29. The van der Waals surface area contributed by atoms with Crippen LogP contribution in [0, 0.1) is 0 Å². The normalized spacial score (nSPS) is 12.7. The van der Waals surface area contributed by atoms with Gasteiger partial charge in [-0.2, -0.15) is 16.3 Å². The highest BCUT2D eigenvalue weighted by molar-refractivity contribution is 7.08. The number of aromatic nitrogens is 2. The summed E-state index contributed by atoms with van der Waals surface area (Å²) >= 11 is 1.62. The number of methoxy groups -OCH3 is 1. The molecule has 0 aliphatic carbocycles. The minimum atomic E-state index is 0.209. The lowest BCUT2D eigenvalue weighted by molar-refractivity contribution is 0.161. The van der Waals surface area contributed by atoms with Crippen molar-refractivity contribution in [2.45, 2.75) is 25.8 Å². The molecule has 2 heterocycles. The average molecular weight is 281 g/mol. The third-order valence-electron chi connectivity index (χ3n) is 2.72. The zero-order valence-electron chi connectivity index (χ0n) is 11.3. The van der Waals surface area contributed by atoms with Crippen molar-refractivity contribution in [1.82, 2.24) is 15.5 Å². The fourth-order valence-corrected chi connectivity index (χ4v) is 2.43. The van der Waals surface area contributed by atoms with E-state index in [9.17, 15) is 0 Å². The Morgan fingerprint density at radius 1 is 1.53 bits per heavy atom. The smallest absolute Gasteiger partial charge is 0.228 e. The summed E-state index contributed by atoms with van der Waals surface area (Å²) in [5.74, 6) is 1.30. The van der Waals surface area contributed by atoms with Crippen molar-refractivity contribution in [3.63, 3.8) is 0 Å². The average Bonchev–Trinajstić information content (AvgIpc) is 3.06. The van der Waals surface area contributed by atoms with Gasteiger partial charge in [-0.05, 0) is 24.4 Å². The first-order chi connectivity index (χ1) is 9.33. The Bertz CT molecular complexity index is 470. The molecule has 2 aromatic heterocycles. The predicted octanol–water partition coefficient (Wildman–Crippen LogP) is 2.36. The molecule has 1 unspecified atom stereocenters. The topological polar surface area (TPSA) is 60.2 Å². The van der Waals surface area contributed by atoms with Crippen LogP contribution in [0.2, 0.25) is 0 Å². The van der Waals surface area contributed by atoms with Crippen molar-refractivity contribution in [1.29, 1.82) is 0 Å². The second-order valence-electron chi connectivity index (χ2n) is 4.33. The molecule has 0 amide bonds. The Hall–Kier alpha value is -1.24. The molecule has 0 fully saturated rings. The Balaban J connectivity index is 1.97. The van der Waals surface area contributed by atoms with Crippen LogP contribution in [0.5, 0.6) is 0 Å². The summed E-state index contributed by atoms with van der Waals surface area (Å²) in [4.78, 5) is 4.42. The molecule has 0 saturated carbocycles. The van der Waals surface area contributed by atoms with Crippen LogP contribution in [-0.2, 0) is 11.2 Å². The van der Waals surface area contributed by atoms with Crippen LogP contribution in [0.4, 0.5) is 0 Å². The highest BCUT2D eigenvalue weighted by Gasteiger charge is 2.15. The number of nitrogens with one attached hydrogen (secondary N) is 1. The van der Waals surface area contributed by atoms with E-state index in [1.54, 1.807) is 18.4 Å². The molecule has 0 aliphatic heterocycles. The summed E-state index contributed by atoms with van der Waals surface area (Å²) in [6.45, 7) is 3.73. The highest BCUT2D eigenvalue weighted by Crippen LogP contribution is 2.19. The molecule has 6 heteroatoms. The van der Waals surface area contributed by atoms with E-state index in [4.69, 9.17) is 9.26 Å². The van der Waals surface area contributed by atoms with E-state index in [1.807, 2.05) is 16.8 Å². The van der Waals surface area contributed by atoms with Gasteiger partial charge in [0.2, 0.25) is 11.7 Å². The minimum Gasteiger partial charge on any atom is -0.383 e. The summed E-state index contributed by atoms with van der Waals surface area (Å²) in [5, 5.41) is 11.4. The lowest BCUT2D eigenvalue weighted by Gasteiger charge is -2.15. The molecule has 0 bridgehead atoms. The van der Waals surface area contributed by atoms with Crippen molar-refractivity contribution in [3.8, 4) is 11.4 Å². The molecule has 19 heavy (non-hydrogen) atoms. The lowest BCUT2D eigenvalue weighted by Crippen LogP contribution is -2.35. The number of hydrogen-bond acceptors (Lipinski definition) is 6. The Morgan fingerprint density at radius 3 is 3.11 bits per heavy atom. The van der Waals surface area contributed by atoms with E-state index < -0.39 is 0 Å². The van der Waals surface area contributed by atoms with Crippen molar-refractivity contribution >= 4 is 11.3 Å². The van der Waals surface area contributed by atoms with Crippen LogP contribution in [0.15, 0.2) is 21.3 Å². The van der Waals surface area contributed by atoms with E-state index >= 15 is 0 Å². The van der Waals surface area contributed by atoms with Crippen molar-refractivity contribution in [2.24, 2.45) is 0 Å². The molecule has 0 aliphatic rings. The Morgan fingerprint density at radius 2 is 2.42 bits per heavy atom. The van der Waals surface area contributed by atoms with Gasteiger partial charge in [-0.1, -0.05) is 12.1 Å². The molecule has 0 aromatic carbocycles. The summed E-state index contributed by atoms with van der Waals surface area (Å²) in [5.41, 5.74) is 1.00. The first kappa shape index (κ1) is 14.2. The van der Waals surface area contributed by atoms with Gasteiger partial charge in [-0.15, -0.1) is 0 Å². The van der Waals surface area contributed by atoms with Crippen LogP contribution in [0.3, 0.4) is 0 Å². The van der Waals surface area contributed by atoms with Crippen LogP contribution in [0.25, 0.3) is 11.4 Å². The molecule has 5 nitrogen and oxygen atoms in total. The predicted molar refractivity (Wildman–Crippen MR) is 75.3 cm³/mol. The Kier molecular flexibility index (Phi) is 5.50. The number of ether oxygens (including phenoxy) is 1. The van der Waals surface area contributed by atoms with Gasteiger partial charge in [-0.25, -0.2) is 0 Å². The second kappa shape index (κ2) is 7.37. The Labute approximate surface area is 117 Å². The van der Waals surface area contributed by atoms with E-state index in [-0.39, 0.29) is 6.04 Å². The molecule has 104 valence electrons. The summed E-state index contributed by atoms with van der Waals surface area (Å²) in [6.07, 6.45) is 1.77. The van der Waals surface area contributed by atoms with E-state index in [2.05, 4.69) is 22.4 Å². The highest BCUT2D eigenvalue weighted by atomic mass is 32.1. The summed E-state index contributed by atoms with van der Waals surface area (Å²) in [7, 11) is 1.70. The molecular formula is C13H19N3O2S. The van der Waals surface area contributed by atoms with Crippen LogP contribution >= 0.6 is 11.3 Å². The molecule has 1 atom stereocenters. The van der Waals surface area contributed by atoms with E-state index in [1.165, 1.54) is 0 Å². The summed E-state index contributed by atoms with van der Waals surface area (Å²) < 4.78 is 10.5. The van der Waals surface area contributed by atoms with Gasteiger partial charge < -0.3 is 14.6 Å². The molecule has 0 spiro atoms. The quantitative estimate of drug-likeness (QED) is 0.805. The van der Waals surface area contributed by atoms with Crippen LogP contribution < -0.4 is 5.32 Å². The van der Waals surface area contributed by atoms with Crippen LogP contribution in [-0.4, -0.2) is 36.4 Å². The standard InChI is InChI=1S/C13H19N3O2S/c1-3-5-14-11(8-17-2)7-12-15-13(16-18-12)10-4-6-19-9-10/h4,6,9,11,14H,3,5,7-8H2,1-2H3. The van der Waals surface area contributed by atoms with E-state index in [0.29, 0.717) is 24.7 Å². The number of nitrogens with zero attached hydrogens (tertiary/aromatic N) is 2. The zero-order valence-corrected chi connectivity index (χ0v) is 12.1. The minimum absolute atomic E-state index is 0.209. The maximum atomic E-state index is 5.29. The van der Waals surface area contributed by atoms with Gasteiger partial charge in [0, 0.05) is 30.5 Å². The van der Waals surface area contributed by atoms with Gasteiger partial charge in [0.05, 0.1) is 6.61 Å².